The molecular weight excluding hydrogens is 344 g/mol. The number of aliphatic hydroxyl groups is 1. The number of nitrogens with zero attached hydrogens (tertiary/aromatic N) is 2. The highest BCUT2D eigenvalue weighted by Crippen LogP contribution is 2.19. The first-order valence-corrected chi connectivity index (χ1v) is 9.33. The molecule has 1 aliphatic heterocycles. The number of piperidine rings is 1. The molecule has 1 aromatic carbocycles. The summed E-state index contributed by atoms with van der Waals surface area (Å²) in [5.74, 6) is 1.18. The van der Waals surface area contributed by atoms with Crippen LogP contribution < -0.4 is 15.4 Å². The third-order valence-corrected chi connectivity index (χ3v) is 4.60. The second-order valence-corrected chi connectivity index (χ2v) is 6.55. The van der Waals surface area contributed by atoms with Gasteiger partial charge in [0.15, 0.2) is 0 Å². The Kier molecular flexibility index (Phi) is 7.01. The van der Waals surface area contributed by atoms with Crippen LogP contribution in [0.1, 0.15) is 19.3 Å². The van der Waals surface area contributed by atoms with Crippen molar-refractivity contribution >= 4 is 11.7 Å². The molecule has 1 aromatic heterocycles. The maximum absolute atomic E-state index is 12.0. The second-order valence-electron chi connectivity index (χ2n) is 6.55. The Morgan fingerprint density at radius 1 is 1.22 bits per heavy atom. The molecule has 0 aliphatic carbocycles. The third kappa shape index (κ3) is 5.94. The van der Waals surface area contributed by atoms with Gasteiger partial charge in [0.1, 0.15) is 5.75 Å². The van der Waals surface area contributed by atoms with Gasteiger partial charge in [-0.1, -0.05) is 24.6 Å². The summed E-state index contributed by atoms with van der Waals surface area (Å²) in [6.07, 6.45) is 4.88. The maximum Gasteiger partial charge on any atom is 0.319 e. The van der Waals surface area contributed by atoms with E-state index >= 15 is 0 Å². The largest absolute Gasteiger partial charge is 0.439 e. The van der Waals surface area contributed by atoms with Gasteiger partial charge in [-0.05, 0) is 37.6 Å². The van der Waals surface area contributed by atoms with Crippen LogP contribution in [0.15, 0.2) is 48.7 Å². The Balaban J connectivity index is 1.41. The van der Waals surface area contributed by atoms with Crippen LogP contribution in [0.25, 0.3) is 0 Å². The van der Waals surface area contributed by atoms with Gasteiger partial charge < -0.3 is 20.5 Å². The van der Waals surface area contributed by atoms with Gasteiger partial charge in [0.25, 0.3) is 0 Å². The van der Waals surface area contributed by atoms with Crippen molar-refractivity contribution in [2.75, 3.05) is 31.6 Å². The van der Waals surface area contributed by atoms with Gasteiger partial charge >= 0.3 is 6.03 Å². The number of rotatable bonds is 7. The number of ether oxygens (including phenoxy) is 1. The molecule has 2 amide bonds. The van der Waals surface area contributed by atoms with Crippen LogP contribution in [0.5, 0.6) is 11.6 Å². The molecule has 3 rings (SSSR count). The number of anilines is 1. The number of benzene rings is 1. The molecule has 144 valence electrons. The number of aromatic nitrogens is 1. The van der Waals surface area contributed by atoms with E-state index in [1.54, 1.807) is 18.3 Å². The number of likely N-dealkylation sites (tertiary alicyclic amines) is 1. The summed E-state index contributed by atoms with van der Waals surface area (Å²) in [5.41, 5.74) is 0.596. The summed E-state index contributed by atoms with van der Waals surface area (Å²) < 4.78 is 5.63. The lowest BCUT2D eigenvalue weighted by molar-refractivity contribution is 0.0917. The lowest BCUT2D eigenvalue weighted by atomic mass is 10.0. The maximum atomic E-state index is 12.0. The molecule has 1 aliphatic rings. The van der Waals surface area contributed by atoms with Crippen LogP contribution in [0.2, 0.25) is 0 Å². The van der Waals surface area contributed by atoms with Crippen molar-refractivity contribution in [2.45, 2.75) is 25.3 Å². The molecule has 1 atom stereocenters. The van der Waals surface area contributed by atoms with E-state index in [0.29, 0.717) is 23.9 Å². The Labute approximate surface area is 159 Å². The number of carbonyl (C=O) groups is 1. The predicted octanol–water partition coefficient (Wildman–Crippen LogP) is 2.84. The van der Waals surface area contributed by atoms with Crippen molar-refractivity contribution in [3.8, 4) is 11.6 Å². The Bertz CT molecular complexity index is 709. The lowest BCUT2D eigenvalue weighted by Crippen LogP contribution is -2.46. The van der Waals surface area contributed by atoms with Crippen LogP contribution in [0.3, 0.4) is 0 Å². The predicted molar refractivity (Wildman–Crippen MR) is 104 cm³/mol. The fourth-order valence-corrected chi connectivity index (χ4v) is 3.17. The molecule has 2 heterocycles. The van der Waals surface area contributed by atoms with Crippen molar-refractivity contribution in [3.05, 3.63) is 48.7 Å². The number of hydrogen-bond donors (Lipinski definition) is 3. The summed E-state index contributed by atoms with van der Waals surface area (Å²) in [5, 5.41) is 15.0. The Morgan fingerprint density at radius 2 is 2.07 bits per heavy atom. The fraction of sp³-hybridized carbons (Fsp3) is 0.400. The zero-order valence-corrected chi connectivity index (χ0v) is 15.3. The second kappa shape index (κ2) is 9.89. The molecule has 7 heteroatoms. The topological polar surface area (TPSA) is 86.7 Å². The molecule has 3 N–H and O–H groups in total. The van der Waals surface area contributed by atoms with Gasteiger partial charge in [0.2, 0.25) is 5.88 Å². The normalized spacial score (nSPS) is 17.3. The van der Waals surface area contributed by atoms with E-state index in [-0.39, 0.29) is 18.7 Å². The average molecular weight is 370 g/mol. The third-order valence-electron chi connectivity index (χ3n) is 4.60. The van der Waals surface area contributed by atoms with Crippen LogP contribution in [-0.4, -0.2) is 53.3 Å². The van der Waals surface area contributed by atoms with Gasteiger partial charge in [-0.3, -0.25) is 4.90 Å². The molecule has 0 unspecified atom stereocenters. The van der Waals surface area contributed by atoms with E-state index in [1.165, 1.54) is 0 Å². The Hall–Kier alpha value is -2.64. The minimum Gasteiger partial charge on any atom is -0.439 e. The number of para-hydroxylation sites is 1. The van der Waals surface area contributed by atoms with Crippen molar-refractivity contribution in [1.29, 1.82) is 0 Å². The quantitative estimate of drug-likeness (QED) is 0.698. The zero-order chi connectivity index (χ0) is 18.9. The molecule has 0 radical (unpaired) electrons. The molecule has 1 fully saturated rings. The average Bonchev–Trinajstić information content (AvgIpc) is 2.71. The lowest BCUT2D eigenvalue weighted by Gasteiger charge is -2.34. The number of pyridine rings is 1. The highest BCUT2D eigenvalue weighted by atomic mass is 16.5. The van der Waals surface area contributed by atoms with Crippen LogP contribution >= 0.6 is 0 Å². The molecule has 2 aromatic rings. The molecular formula is C20H26N4O3. The zero-order valence-electron chi connectivity index (χ0n) is 15.3. The first kappa shape index (κ1) is 19.1. The molecule has 7 nitrogen and oxygen atoms in total. The highest BCUT2D eigenvalue weighted by molar-refractivity contribution is 5.88. The van der Waals surface area contributed by atoms with Crippen molar-refractivity contribution in [3.63, 3.8) is 0 Å². The summed E-state index contributed by atoms with van der Waals surface area (Å²) in [7, 11) is 0. The fourth-order valence-electron chi connectivity index (χ4n) is 3.17. The first-order chi connectivity index (χ1) is 13.2. The van der Waals surface area contributed by atoms with E-state index in [0.717, 1.165) is 32.4 Å². The smallest absolute Gasteiger partial charge is 0.319 e. The van der Waals surface area contributed by atoms with E-state index in [9.17, 15) is 9.90 Å². The van der Waals surface area contributed by atoms with E-state index < -0.39 is 0 Å². The minimum atomic E-state index is -0.272. The van der Waals surface area contributed by atoms with Crippen molar-refractivity contribution in [1.82, 2.24) is 15.2 Å². The number of carbonyl (C=O) groups excluding carboxylic acids is 1. The number of urea groups is 1. The summed E-state index contributed by atoms with van der Waals surface area (Å²) >= 11 is 0. The van der Waals surface area contributed by atoms with Crippen LogP contribution in [0, 0.1) is 0 Å². The number of nitrogens with one attached hydrogen (secondary N) is 2. The van der Waals surface area contributed by atoms with Gasteiger partial charge in [0, 0.05) is 25.2 Å². The Morgan fingerprint density at radius 3 is 2.81 bits per heavy atom. The van der Waals surface area contributed by atoms with Gasteiger partial charge in [0.05, 0.1) is 18.5 Å². The number of hydrogen-bond acceptors (Lipinski definition) is 5. The van der Waals surface area contributed by atoms with Gasteiger partial charge in [-0.15, -0.1) is 0 Å². The molecule has 0 spiro atoms. The summed E-state index contributed by atoms with van der Waals surface area (Å²) in [4.78, 5) is 18.5. The van der Waals surface area contributed by atoms with Gasteiger partial charge in [-0.25, -0.2) is 9.78 Å². The SMILES string of the molecule is O=C(NCCN1CCCC[C@@H]1CO)Nc1ccc(Oc2ccccc2)nc1. The van der Waals surface area contributed by atoms with Gasteiger partial charge in [-0.2, -0.15) is 0 Å². The summed E-state index contributed by atoms with van der Waals surface area (Å²) in [6, 6.07) is 12.8. The standard InChI is InChI=1S/C20H26N4O3/c25-15-17-6-4-5-12-24(17)13-11-21-20(26)23-16-9-10-19(22-14-16)27-18-7-2-1-3-8-18/h1-3,7-10,14,17,25H,4-6,11-13,15H2,(H2,21,23,26)/t17-/m1/s1. The van der Waals surface area contributed by atoms with Crippen LogP contribution in [0.4, 0.5) is 10.5 Å². The first-order valence-electron chi connectivity index (χ1n) is 9.33. The molecule has 0 saturated carbocycles. The number of amides is 2. The molecule has 1 saturated heterocycles. The molecule has 27 heavy (non-hydrogen) atoms. The minimum absolute atomic E-state index is 0.176. The highest BCUT2D eigenvalue weighted by Gasteiger charge is 2.20. The van der Waals surface area contributed by atoms with E-state index in [2.05, 4.69) is 20.5 Å². The van der Waals surface area contributed by atoms with Crippen molar-refractivity contribution in [2.24, 2.45) is 0 Å². The van der Waals surface area contributed by atoms with Crippen LogP contribution in [-0.2, 0) is 0 Å². The number of aliphatic hydroxyl groups excluding tert-OH is 1. The van der Waals surface area contributed by atoms with Crippen molar-refractivity contribution < 1.29 is 14.6 Å². The summed E-state index contributed by atoms with van der Waals surface area (Å²) in [6.45, 7) is 2.42. The molecule has 0 bridgehead atoms. The van der Waals surface area contributed by atoms with E-state index in [1.807, 2.05) is 30.3 Å². The van der Waals surface area contributed by atoms with E-state index in [4.69, 9.17) is 4.74 Å². The monoisotopic (exact) mass is 370 g/mol.